The highest BCUT2D eigenvalue weighted by molar-refractivity contribution is 5.64. The summed E-state index contributed by atoms with van der Waals surface area (Å²) < 4.78 is 0. The standard InChI is InChI=1S/C6H12N2O3/c7-4-1-3(2-5(4)9)8-6(10)11/h3-5,8-9H,1-2,7H2,(H,10,11)/t3-,4+,5-/m1/s1. The Bertz CT molecular complexity index is 152. The second-order valence-electron chi connectivity index (χ2n) is 2.85. The lowest BCUT2D eigenvalue weighted by Gasteiger charge is -2.07. The number of carboxylic acid groups (broad SMARTS) is 1. The zero-order valence-corrected chi connectivity index (χ0v) is 6.03. The van der Waals surface area contributed by atoms with E-state index in [2.05, 4.69) is 5.32 Å². The van der Waals surface area contributed by atoms with Crippen molar-refractivity contribution >= 4 is 6.09 Å². The first-order valence-electron chi connectivity index (χ1n) is 3.52. The summed E-state index contributed by atoms with van der Waals surface area (Å²) in [4.78, 5) is 10.1. The second kappa shape index (κ2) is 3.06. The van der Waals surface area contributed by atoms with E-state index in [0.717, 1.165) is 0 Å². The quantitative estimate of drug-likeness (QED) is 0.400. The average Bonchev–Trinajstić information content (AvgIpc) is 2.10. The highest BCUT2D eigenvalue weighted by Crippen LogP contribution is 2.17. The van der Waals surface area contributed by atoms with Crippen molar-refractivity contribution in [2.45, 2.75) is 31.0 Å². The molecule has 0 unspecified atom stereocenters. The fraction of sp³-hybridized carbons (Fsp3) is 0.833. The van der Waals surface area contributed by atoms with Gasteiger partial charge in [0.2, 0.25) is 0 Å². The molecule has 0 aromatic rings. The van der Waals surface area contributed by atoms with Gasteiger partial charge in [-0.15, -0.1) is 0 Å². The molecule has 0 saturated heterocycles. The van der Waals surface area contributed by atoms with Gasteiger partial charge in [0.15, 0.2) is 0 Å². The SMILES string of the molecule is N[C@H]1C[C@@H](NC(=O)O)C[C@H]1O. The summed E-state index contributed by atoms with van der Waals surface area (Å²) in [5.41, 5.74) is 5.46. The third-order valence-corrected chi connectivity index (χ3v) is 1.90. The molecule has 64 valence electrons. The molecule has 5 nitrogen and oxygen atoms in total. The van der Waals surface area contributed by atoms with E-state index in [1.807, 2.05) is 0 Å². The van der Waals surface area contributed by atoms with Crippen molar-refractivity contribution in [3.8, 4) is 0 Å². The van der Waals surface area contributed by atoms with Crippen molar-refractivity contribution in [3.63, 3.8) is 0 Å². The first-order chi connectivity index (χ1) is 5.09. The summed E-state index contributed by atoms with van der Waals surface area (Å²) in [5, 5.41) is 19.7. The molecule has 3 atom stereocenters. The Labute approximate surface area is 64.2 Å². The first-order valence-corrected chi connectivity index (χ1v) is 3.52. The zero-order chi connectivity index (χ0) is 8.43. The van der Waals surface area contributed by atoms with Gasteiger partial charge in [-0.3, -0.25) is 0 Å². The molecule has 0 heterocycles. The van der Waals surface area contributed by atoms with Crippen LogP contribution < -0.4 is 11.1 Å². The van der Waals surface area contributed by atoms with Crippen molar-refractivity contribution < 1.29 is 15.0 Å². The summed E-state index contributed by atoms with van der Waals surface area (Å²) in [7, 11) is 0. The predicted molar refractivity (Wildman–Crippen MR) is 38.2 cm³/mol. The lowest BCUT2D eigenvalue weighted by atomic mass is 10.2. The molecular formula is C6H12N2O3. The number of aliphatic hydroxyl groups excluding tert-OH is 1. The van der Waals surface area contributed by atoms with Gasteiger partial charge in [-0.05, 0) is 12.8 Å². The van der Waals surface area contributed by atoms with Gasteiger partial charge in [0.25, 0.3) is 0 Å². The maximum absolute atomic E-state index is 10.1. The Balaban J connectivity index is 2.35. The van der Waals surface area contributed by atoms with Crippen LogP contribution in [0.2, 0.25) is 0 Å². The number of amides is 1. The van der Waals surface area contributed by atoms with E-state index in [9.17, 15) is 4.79 Å². The molecule has 0 aromatic heterocycles. The van der Waals surface area contributed by atoms with Gasteiger partial charge in [0.1, 0.15) is 0 Å². The first kappa shape index (κ1) is 8.29. The van der Waals surface area contributed by atoms with Gasteiger partial charge in [-0.2, -0.15) is 0 Å². The minimum atomic E-state index is -1.06. The lowest BCUT2D eigenvalue weighted by Crippen LogP contribution is -2.32. The van der Waals surface area contributed by atoms with Crippen LogP contribution in [0, 0.1) is 0 Å². The predicted octanol–water partition coefficient (Wildman–Crippen LogP) is -0.895. The summed E-state index contributed by atoms with van der Waals surface area (Å²) in [6.45, 7) is 0. The van der Waals surface area contributed by atoms with Crippen LogP contribution in [0.3, 0.4) is 0 Å². The number of rotatable bonds is 1. The van der Waals surface area contributed by atoms with Crippen LogP contribution in [-0.4, -0.2) is 34.5 Å². The Kier molecular flexibility index (Phi) is 2.31. The molecule has 1 aliphatic carbocycles. The van der Waals surface area contributed by atoms with Gasteiger partial charge in [0.05, 0.1) is 6.10 Å². The number of nitrogens with one attached hydrogen (secondary N) is 1. The fourth-order valence-corrected chi connectivity index (χ4v) is 1.34. The zero-order valence-electron chi connectivity index (χ0n) is 6.03. The van der Waals surface area contributed by atoms with Crippen molar-refractivity contribution in [1.29, 1.82) is 0 Å². The van der Waals surface area contributed by atoms with Crippen LogP contribution in [0.25, 0.3) is 0 Å². The highest BCUT2D eigenvalue weighted by atomic mass is 16.4. The molecule has 1 amide bonds. The maximum atomic E-state index is 10.1. The van der Waals surface area contributed by atoms with Gasteiger partial charge in [0, 0.05) is 12.1 Å². The largest absolute Gasteiger partial charge is 0.465 e. The molecule has 5 N–H and O–H groups in total. The van der Waals surface area contributed by atoms with Crippen LogP contribution in [0.4, 0.5) is 4.79 Å². The van der Waals surface area contributed by atoms with Crippen LogP contribution >= 0.6 is 0 Å². The fourth-order valence-electron chi connectivity index (χ4n) is 1.34. The second-order valence-corrected chi connectivity index (χ2v) is 2.85. The van der Waals surface area contributed by atoms with Crippen molar-refractivity contribution in [2.24, 2.45) is 5.73 Å². The van der Waals surface area contributed by atoms with Gasteiger partial charge in [-0.25, -0.2) is 4.79 Å². The van der Waals surface area contributed by atoms with E-state index in [4.69, 9.17) is 15.9 Å². The summed E-state index contributed by atoms with van der Waals surface area (Å²) >= 11 is 0. The Morgan fingerprint density at radius 2 is 2.18 bits per heavy atom. The van der Waals surface area contributed by atoms with Crippen LogP contribution in [0.15, 0.2) is 0 Å². The Hall–Kier alpha value is -0.810. The smallest absolute Gasteiger partial charge is 0.404 e. The molecule has 0 aromatic carbocycles. The van der Waals surface area contributed by atoms with Crippen molar-refractivity contribution in [3.05, 3.63) is 0 Å². The number of hydrogen-bond donors (Lipinski definition) is 4. The van der Waals surface area contributed by atoms with Crippen LogP contribution in [0.1, 0.15) is 12.8 Å². The summed E-state index contributed by atoms with van der Waals surface area (Å²) in [6, 6.07) is -0.468. The molecular weight excluding hydrogens is 148 g/mol. The monoisotopic (exact) mass is 160 g/mol. The van der Waals surface area contributed by atoms with Gasteiger partial charge in [-0.1, -0.05) is 0 Å². The Morgan fingerprint density at radius 1 is 1.55 bits per heavy atom. The Morgan fingerprint density at radius 3 is 2.55 bits per heavy atom. The number of aliphatic hydroxyl groups is 1. The summed E-state index contributed by atoms with van der Waals surface area (Å²) in [6.07, 6.45) is -0.677. The molecule has 1 fully saturated rings. The normalized spacial score (nSPS) is 37.1. The maximum Gasteiger partial charge on any atom is 0.404 e. The highest BCUT2D eigenvalue weighted by Gasteiger charge is 2.30. The van der Waals surface area contributed by atoms with Crippen LogP contribution in [0.5, 0.6) is 0 Å². The van der Waals surface area contributed by atoms with E-state index >= 15 is 0 Å². The van der Waals surface area contributed by atoms with E-state index < -0.39 is 12.2 Å². The number of carbonyl (C=O) groups is 1. The lowest BCUT2D eigenvalue weighted by molar-refractivity contribution is 0.161. The number of hydrogen-bond acceptors (Lipinski definition) is 3. The van der Waals surface area contributed by atoms with Crippen LogP contribution in [-0.2, 0) is 0 Å². The molecule has 0 bridgehead atoms. The topological polar surface area (TPSA) is 95.6 Å². The minimum absolute atomic E-state index is 0.183. The molecule has 1 aliphatic rings. The van der Waals surface area contributed by atoms with E-state index in [0.29, 0.717) is 12.8 Å². The van der Waals surface area contributed by atoms with E-state index in [-0.39, 0.29) is 12.1 Å². The third kappa shape index (κ3) is 2.06. The van der Waals surface area contributed by atoms with Crippen molar-refractivity contribution in [1.82, 2.24) is 5.32 Å². The third-order valence-electron chi connectivity index (χ3n) is 1.90. The molecule has 0 aliphatic heterocycles. The van der Waals surface area contributed by atoms with E-state index in [1.54, 1.807) is 0 Å². The molecule has 1 rings (SSSR count). The molecule has 11 heavy (non-hydrogen) atoms. The van der Waals surface area contributed by atoms with E-state index in [1.165, 1.54) is 0 Å². The molecule has 0 spiro atoms. The minimum Gasteiger partial charge on any atom is -0.465 e. The average molecular weight is 160 g/mol. The molecule has 5 heteroatoms. The molecule has 0 radical (unpaired) electrons. The van der Waals surface area contributed by atoms with Gasteiger partial charge < -0.3 is 21.3 Å². The van der Waals surface area contributed by atoms with Crippen molar-refractivity contribution in [2.75, 3.05) is 0 Å². The summed E-state index contributed by atoms with van der Waals surface area (Å²) in [5.74, 6) is 0. The van der Waals surface area contributed by atoms with Gasteiger partial charge >= 0.3 is 6.09 Å². The number of nitrogens with two attached hydrogens (primary N) is 1. The molecule has 1 saturated carbocycles.